The van der Waals surface area contributed by atoms with Crippen molar-refractivity contribution >= 4 is 16.2 Å². The van der Waals surface area contributed by atoms with Crippen molar-refractivity contribution < 1.29 is 26.4 Å². The van der Waals surface area contributed by atoms with Gasteiger partial charge in [0, 0.05) is 44.4 Å². The molecule has 0 bridgehead atoms. The SMILES string of the molecule is CCNC(=O)N1[C@@H]2C[C@@H]2[C@@H](NS(=O)(=O)N(C)C)[C@H]1Cc1cccc(-c2cc(F)cc(F)c2)c1F. The second-order valence-electron chi connectivity index (χ2n) is 8.85. The van der Waals surface area contributed by atoms with Crippen LogP contribution in [0.2, 0.25) is 0 Å². The zero-order valence-corrected chi connectivity index (χ0v) is 19.9. The summed E-state index contributed by atoms with van der Waals surface area (Å²) in [5, 5.41) is 2.75. The van der Waals surface area contributed by atoms with Gasteiger partial charge in [-0.05, 0) is 48.9 Å². The van der Waals surface area contributed by atoms with E-state index in [1.807, 2.05) is 0 Å². The van der Waals surface area contributed by atoms with Gasteiger partial charge < -0.3 is 10.2 Å². The van der Waals surface area contributed by atoms with Crippen LogP contribution in [-0.4, -0.2) is 62.4 Å². The molecule has 2 aromatic rings. The van der Waals surface area contributed by atoms with Gasteiger partial charge in [-0.3, -0.25) is 0 Å². The number of likely N-dealkylation sites (tertiary alicyclic amines) is 1. The van der Waals surface area contributed by atoms with Crippen molar-refractivity contribution in [1.82, 2.24) is 19.2 Å². The number of hydrogen-bond donors (Lipinski definition) is 2. The highest BCUT2D eigenvalue weighted by Crippen LogP contribution is 2.49. The molecule has 7 nitrogen and oxygen atoms in total. The van der Waals surface area contributed by atoms with E-state index in [0.717, 1.165) is 16.4 Å². The maximum absolute atomic E-state index is 15.5. The van der Waals surface area contributed by atoms with Gasteiger partial charge in [-0.2, -0.15) is 17.4 Å². The fraction of sp³-hybridized carbons (Fsp3) is 0.435. The van der Waals surface area contributed by atoms with Crippen molar-refractivity contribution in [3.05, 3.63) is 59.4 Å². The van der Waals surface area contributed by atoms with Crippen molar-refractivity contribution in [3.8, 4) is 11.1 Å². The van der Waals surface area contributed by atoms with Crippen molar-refractivity contribution in [1.29, 1.82) is 0 Å². The molecule has 4 rings (SSSR count). The molecule has 1 saturated heterocycles. The smallest absolute Gasteiger partial charge is 0.317 e. The van der Waals surface area contributed by atoms with Gasteiger partial charge in [0.15, 0.2) is 0 Å². The lowest BCUT2D eigenvalue weighted by Gasteiger charge is -2.33. The minimum atomic E-state index is -3.80. The molecule has 2 aliphatic rings. The Morgan fingerprint density at radius 2 is 1.82 bits per heavy atom. The minimum Gasteiger partial charge on any atom is -0.338 e. The zero-order valence-electron chi connectivity index (χ0n) is 19.1. The lowest BCUT2D eigenvalue weighted by Crippen LogP contribution is -2.54. The number of carbonyl (C=O) groups excluding carboxylic acids is 1. The number of piperidine rings is 1. The van der Waals surface area contributed by atoms with Gasteiger partial charge >= 0.3 is 6.03 Å². The summed E-state index contributed by atoms with van der Waals surface area (Å²) in [5.41, 5.74) is 0.294. The molecule has 0 radical (unpaired) electrons. The number of halogens is 3. The highest BCUT2D eigenvalue weighted by molar-refractivity contribution is 7.87. The summed E-state index contributed by atoms with van der Waals surface area (Å²) in [5.74, 6) is -2.39. The maximum Gasteiger partial charge on any atom is 0.317 e. The first-order chi connectivity index (χ1) is 16.0. The summed E-state index contributed by atoms with van der Waals surface area (Å²) in [6, 6.07) is 5.61. The molecule has 1 saturated carbocycles. The highest BCUT2D eigenvalue weighted by atomic mass is 32.2. The Hall–Kier alpha value is -2.63. The van der Waals surface area contributed by atoms with E-state index >= 15 is 4.39 Å². The van der Waals surface area contributed by atoms with Gasteiger partial charge in [0.25, 0.3) is 10.2 Å². The quantitative estimate of drug-likeness (QED) is 0.619. The van der Waals surface area contributed by atoms with Crippen LogP contribution in [0.25, 0.3) is 11.1 Å². The molecule has 2 amide bonds. The third kappa shape index (κ3) is 4.64. The molecule has 2 aromatic carbocycles. The molecular formula is C23H27F3N4O3S. The lowest BCUT2D eigenvalue weighted by atomic mass is 9.94. The van der Waals surface area contributed by atoms with Crippen molar-refractivity contribution in [2.24, 2.45) is 5.92 Å². The topological polar surface area (TPSA) is 81.8 Å². The summed E-state index contributed by atoms with van der Waals surface area (Å²) in [4.78, 5) is 14.4. The molecule has 34 heavy (non-hydrogen) atoms. The first-order valence-electron chi connectivity index (χ1n) is 11.0. The van der Waals surface area contributed by atoms with Crippen LogP contribution in [0.3, 0.4) is 0 Å². The van der Waals surface area contributed by atoms with Gasteiger partial charge in [-0.1, -0.05) is 18.2 Å². The number of urea groups is 1. The van der Waals surface area contributed by atoms with Crippen LogP contribution in [-0.2, 0) is 16.6 Å². The van der Waals surface area contributed by atoms with Gasteiger partial charge in [0.2, 0.25) is 0 Å². The lowest BCUT2D eigenvalue weighted by molar-refractivity contribution is 0.176. The Kier molecular flexibility index (Phi) is 6.63. The van der Waals surface area contributed by atoms with Crippen LogP contribution in [0.5, 0.6) is 0 Å². The predicted molar refractivity (Wildman–Crippen MR) is 122 cm³/mol. The Bertz CT molecular complexity index is 1190. The van der Waals surface area contributed by atoms with Gasteiger partial charge in [-0.25, -0.2) is 18.0 Å². The summed E-state index contributed by atoms with van der Waals surface area (Å²) in [6.45, 7) is 2.17. The standard InChI is InChI=1S/C23H27F3N4O3S/c1-4-27-23(31)30-19-12-18(19)22(28-34(32,33)29(2)3)20(30)10-13-6-5-7-17(21(13)26)14-8-15(24)11-16(25)9-14/h5-9,11,18-20,22,28H,4,10,12H2,1-3H3,(H,27,31)/t18-,19+,20+,22+/m0/s1. The Morgan fingerprint density at radius 1 is 1.15 bits per heavy atom. The van der Waals surface area contributed by atoms with E-state index in [1.165, 1.54) is 26.2 Å². The Labute approximate surface area is 197 Å². The molecule has 4 atom stereocenters. The Morgan fingerprint density at radius 3 is 2.44 bits per heavy atom. The maximum atomic E-state index is 15.5. The molecule has 0 unspecified atom stereocenters. The number of nitrogens with one attached hydrogen (secondary N) is 2. The van der Waals surface area contributed by atoms with Gasteiger partial charge in [0.05, 0.1) is 6.04 Å². The molecular weight excluding hydrogens is 469 g/mol. The van der Waals surface area contributed by atoms with Crippen molar-refractivity contribution in [3.63, 3.8) is 0 Å². The van der Waals surface area contributed by atoms with E-state index in [4.69, 9.17) is 0 Å². The Balaban J connectivity index is 1.70. The van der Waals surface area contributed by atoms with Crippen LogP contribution in [0.4, 0.5) is 18.0 Å². The van der Waals surface area contributed by atoms with Crippen LogP contribution < -0.4 is 10.0 Å². The van der Waals surface area contributed by atoms with E-state index in [-0.39, 0.29) is 41.1 Å². The molecule has 0 aromatic heterocycles. The van der Waals surface area contributed by atoms with Gasteiger partial charge in [-0.15, -0.1) is 0 Å². The molecule has 2 fully saturated rings. The molecule has 1 aliphatic carbocycles. The average molecular weight is 497 g/mol. The zero-order chi connectivity index (χ0) is 24.8. The number of amides is 2. The predicted octanol–water partition coefficient (Wildman–Crippen LogP) is 2.88. The van der Waals surface area contributed by atoms with Crippen LogP contribution in [0.15, 0.2) is 36.4 Å². The number of hydrogen-bond acceptors (Lipinski definition) is 3. The average Bonchev–Trinajstić information content (AvgIpc) is 3.47. The largest absolute Gasteiger partial charge is 0.338 e. The number of carbonyl (C=O) groups is 1. The fourth-order valence-electron chi connectivity index (χ4n) is 4.72. The number of benzene rings is 2. The van der Waals surface area contributed by atoms with Crippen LogP contribution in [0, 0.1) is 23.4 Å². The van der Waals surface area contributed by atoms with Crippen LogP contribution >= 0.6 is 0 Å². The fourth-order valence-corrected chi connectivity index (χ4v) is 5.60. The molecule has 0 spiro atoms. The van der Waals surface area contributed by atoms with Crippen molar-refractivity contribution in [2.75, 3.05) is 20.6 Å². The van der Waals surface area contributed by atoms with E-state index in [9.17, 15) is 22.0 Å². The second kappa shape index (κ2) is 9.20. The third-order valence-corrected chi connectivity index (χ3v) is 7.94. The first kappa shape index (κ1) is 24.5. The number of fused-ring (bicyclic) bond motifs is 1. The second-order valence-corrected chi connectivity index (χ2v) is 10.8. The van der Waals surface area contributed by atoms with Gasteiger partial charge in [0.1, 0.15) is 17.5 Å². The molecule has 184 valence electrons. The number of nitrogens with zero attached hydrogens (tertiary/aromatic N) is 2. The monoisotopic (exact) mass is 496 g/mol. The molecule has 1 heterocycles. The number of rotatable bonds is 7. The summed E-state index contributed by atoms with van der Waals surface area (Å²) < 4.78 is 71.9. The molecule has 11 heteroatoms. The summed E-state index contributed by atoms with van der Waals surface area (Å²) in [6.07, 6.45) is 0.682. The molecule has 2 N–H and O–H groups in total. The van der Waals surface area contributed by atoms with E-state index in [0.29, 0.717) is 19.0 Å². The van der Waals surface area contributed by atoms with E-state index < -0.39 is 39.7 Å². The summed E-state index contributed by atoms with van der Waals surface area (Å²) in [7, 11) is -0.993. The summed E-state index contributed by atoms with van der Waals surface area (Å²) >= 11 is 0. The molecule has 1 aliphatic heterocycles. The third-order valence-electron chi connectivity index (χ3n) is 6.40. The first-order valence-corrected chi connectivity index (χ1v) is 12.5. The van der Waals surface area contributed by atoms with Crippen LogP contribution in [0.1, 0.15) is 18.9 Å². The van der Waals surface area contributed by atoms with E-state index in [1.54, 1.807) is 17.9 Å². The van der Waals surface area contributed by atoms with E-state index in [2.05, 4.69) is 10.0 Å². The minimum absolute atomic E-state index is 0.0223. The normalized spacial score (nSPS) is 23.8. The van der Waals surface area contributed by atoms with Crippen molar-refractivity contribution in [2.45, 2.75) is 37.9 Å². The highest BCUT2D eigenvalue weighted by Gasteiger charge is 2.61.